The number of hydrogen-bond acceptors (Lipinski definition) is 5. The Morgan fingerprint density at radius 3 is 2.78 bits per heavy atom. The lowest BCUT2D eigenvalue weighted by Crippen LogP contribution is -2.41. The van der Waals surface area contributed by atoms with Gasteiger partial charge in [0.2, 0.25) is 0 Å². The van der Waals surface area contributed by atoms with Gasteiger partial charge in [-0.2, -0.15) is 0 Å². The zero-order valence-electron chi connectivity index (χ0n) is 13.5. The van der Waals surface area contributed by atoms with E-state index in [0.717, 1.165) is 50.5 Å². The molecule has 0 saturated carbocycles. The number of pyridine rings is 1. The van der Waals surface area contributed by atoms with E-state index < -0.39 is 0 Å². The van der Waals surface area contributed by atoms with Gasteiger partial charge in [-0.15, -0.1) is 0 Å². The van der Waals surface area contributed by atoms with Gasteiger partial charge in [0.25, 0.3) is 5.56 Å². The number of rotatable bonds is 5. The number of aromatic nitrogens is 3. The third kappa shape index (κ3) is 4.39. The summed E-state index contributed by atoms with van der Waals surface area (Å²) >= 11 is 0. The highest BCUT2D eigenvalue weighted by Crippen LogP contribution is 2.15. The van der Waals surface area contributed by atoms with Crippen LogP contribution in [0, 0.1) is 6.92 Å². The van der Waals surface area contributed by atoms with Gasteiger partial charge in [-0.3, -0.25) is 4.79 Å². The molecule has 0 radical (unpaired) electrons. The van der Waals surface area contributed by atoms with Gasteiger partial charge in [-0.05, 0) is 25.8 Å². The van der Waals surface area contributed by atoms with Gasteiger partial charge in [-0.1, -0.05) is 6.07 Å². The van der Waals surface area contributed by atoms with Crippen LogP contribution in [0.25, 0.3) is 0 Å². The standard InChI is InChI=1S/C17H23N5O/c1-14-12-16(19-13-18-14)20-15-5-8-21(9-6-15)10-11-22-7-3-2-4-17(22)23/h2-4,7,12-13,15H,5-6,8-11H2,1H3,(H,18,19,20). The van der Waals surface area contributed by atoms with Crippen molar-refractivity contribution in [1.29, 1.82) is 0 Å². The van der Waals surface area contributed by atoms with Crippen LogP contribution in [0.1, 0.15) is 18.5 Å². The van der Waals surface area contributed by atoms with Gasteiger partial charge in [0.05, 0.1) is 0 Å². The molecule has 0 atom stereocenters. The summed E-state index contributed by atoms with van der Waals surface area (Å²) in [4.78, 5) is 22.5. The van der Waals surface area contributed by atoms with Crippen molar-refractivity contribution in [3.8, 4) is 0 Å². The van der Waals surface area contributed by atoms with Crippen molar-refractivity contribution in [1.82, 2.24) is 19.4 Å². The maximum atomic E-state index is 11.7. The number of anilines is 1. The number of nitrogens with zero attached hydrogens (tertiary/aromatic N) is 4. The smallest absolute Gasteiger partial charge is 0.250 e. The molecular weight excluding hydrogens is 290 g/mol. The van der Waals surface area contributed by atoms with Crippen LogP contribution in [0.2, 0.25) is 0 Å². The molecule has 1 fully saturated rings. The Bertz CT molecular complexity index is 691. The lowest BCUT2D eigenvalue weighted by atomic mass is 10.1. The molecule has 0 amide bonds. The van der Waals surface area contributed by atoms with E-state index in [1.54, 1.807) is 23.0 Å². The molecule has 0 aromatic carbocycles. The van der Waals surface area contributed by atoms with Crippen molar-refractivity contribution in [2.75, 3.05) is 25.0 Å². The molecule has 6 nitrogen and oxygen atoms in total. The van der Waals surface area contributed by atoms with Crippen molar-refractivity contribution < 1.29 is 0 Å². The fourth-order valence-corrected chi connectivity index (χ4v) is 2.94. The van der Waals surface area contributed by atoms with Crippen LogP contribution in [0.4, 0.5) is 5.82 Å². The molecule has 3 heterocycles. The van der Waals surface area contributed by atoms with Gasteiger partial charge in [-0.25, -0.2) is 9.97 Å². The molecular formula is C17H23N5O. The van der Waals surface area contributed by atoms with E-state index in [4.69, 9.17) is 0 Å². The molecule has 1 aliphatic rings. The average molecular weight is 313 g/mol. The van der Waals surface area contributed by atoms with Crippen LogP contribution < -0.4 is 10.9 Å². The lowest BCUT2D eigenvalue weighted by Gasteiger charge is -2.32. The molecule has 1 saturated heterocycles. The molecule has 3 rings (SSSR count). The first-order chi connectivity index (χ1) is 11.2. The van der Waals surface area contributed by atoms with Crippen molar-refractivity contribution in [2.24, 2.45) is 0 Å². The minimum absolute atomic E-state index is 0.0724. The highest BCUT2D eigenvalue weighted by Gasteiger charge is 2.19. The number of hydrogen-bond donors (Lipinski definition) is 1. The van der Waals surface area contributed by atoms with E-state index >= 15 is 0 Å². The van der Waals surface area contributed by atoms with Gasteiger partial charge in [0.15, 0.2) is 0 Å². The first-order valence-corrected chi connectivity index (χ1v) is 8.14. The van der Waals surface area contributed by atoms with Crippen LogP contribution in [-0.2, 0) is 6.54 Å². The highest BCUT2D eigenvalue weighted by atomic mass is 16.1. The summed E-state index contributed by atoms with van der Waals surface area (Å²) in [6.07, 6.45) is 5.64. The van der Waals surface area contributed by atoms with Gasteiger partial charge >= 0.3 is 0 Å². The summed E-state index contributed by atoms with van der Waals surface area (Å²) in [5.74, 6) is 0.909. The molecule has 0 spiro atoms. The minimum Gasteiger partial charge on any atom is -0.367 e. The third-order valence-corrected chi connectivity index (χ3v) is 4.30. The largest absolute Gasteiger partial charge is 0.367 e. The zero-order chi connectivity index (χ0) is 16.1. The first kappa shape index (κ1) is 15.7. The Kier molecular flexibility index (Phi) is 5.02. The maximum Gasteiger partial charge on any atom is 0.250 e. The van der Waals surface area contributed by atoms with Crippen LogP contribution in [0.5, 0.6) is 0 Å². The van der Waals surface area contributed by atoms with Crippen LogP contribution in [-0.4, -0.2) is 45.1 Å². The average Bonchev–Trinajstić information content (AvgIpc) is 2.56. The fraction of sp³-hybridized carbons (Fsp3) is 0.471. The summed E-state index contributed by atoms with van der Waals surface area (Å²) in [6.45, 7) is 5.74. The summed E-state index contributed by atoms with van der Waals surface area (Å²) in [5, 5.41) is 3.49. The van der Waals surface area contributed by atoms with E-state index in [0.29, 0.717) is 6.04 Å². The van der Waals surface area contributed by atoms with E-state index in [9.17, 15) is 4.79 Å². The Morgan fingerprint density at radius 1 is 1.22 bits per heavy atom. The van der Waals surface area contributed by atoms with Crippen LogP contribution in [0.3, 0.4) is 0 Å². The van der Waals surface area contributed by atoms with E-state index in [1.165, 1.54) is 0 Å². The Morgan fingerprint density at radius 2 is 2.04 bits per heavy atom. The fourth-order valence-electron chi connectivity index (χ4n) is 2.94. The van der Waals surface area contributed by atoms with Crippen molar-refractivity contribution in [3.63, 3.8) is 0 Å². The van der Waals surface area contributed by atoms with Crippen molar-refractivity contribution in [2.45, 2.75) is 32.4 Å². The van der Waals surface area contributed by atoms with Gasteiger partial charge < -0.3 is 14.8 Å². The molecule has 23 heavy (non-hydrogen) atoms. The number of aryl methyl sites for hydroxylation is 1. The second kappa shape index (κ2) is 7.37. The van der Waals surface area contributed by atoms with E-state index in [2.05, 4.69) is 20.2 Å². The summed E-state index contributed by atoms with van der Waals surface area (Å²) < 4.78 is 1.77. The molecule has 2 aromatic heterocycles. The normalized spacial score (nSPS) is 16.4. The van der Waals surface area contributed by atoms with Crippen molar-refractivity contribution in [3.05, 3.63) is 52.8 Å². The van der Waals surface area contributed by atoms with Crippen molar-refractivity contribution >= 4 is 5.82 Å². The lowest BCUT2D eigenvalue weighted by molar-refractivity contribution is 0.211. The Hall–Kier alpha value is -2.21. The van der Waals surface area contributed by atoms with Gasteiger partial charge in [0.1, 0.15) is 12.1 Å². The molecule has 1 N–H and O–H groups in total. The summed E-state index contributed by atoms with van der Waals surface area (Å²) in [5.41, 5.74) is 1.05. The molecule has 2 aromatic rings. The zero-order valence-corrected chi connectivity index (χ0v) is 13.5. The Balaban J connectivity index is 1.45. The Labute approximate surface area is 136 Å². The molecule has 0 aliphatic carbocycles. The second-order valence-corrected chi connectivity index (χ2v) is 6.04. The molecule has 0 bridgehead atoms. The second-order valence-electron chi connectivity index (χ2n) is 6.04. The number of likely N-dealkylation sites (tertiary alicyclic amines) is 1. The predicted molar refractivity (Wildman–Crippen MR) is 90.6 cm³/mol. The van der Waals surface area contributed by atoms with Crippen LogP contribution in [0.15, 0.2) is 41.6 Å². The molecule has 122 valence electrons. The van der Waals surface area contributed by atoms with Gasteiger partial charge in [0, 0.05) is 56.2 Å². The molecule has 6 heteroatoms. The molecule has 1 aliphatic heterocycles. The summed E-state index contributed by atoms with van der Waals surface area (Å²) in [6, 6.07) is 7.74. The number of nitrogens with one attached hydrogen (secondary N) is 1. The van der Waals surface area contributed by atoms with Crippen LogP contribution >= 0.6 is 0 Å². The first-order valence-electron chi connectivity index (χ1n) is 8.14. The highest BCUT2D eigenvalue weighted by molar-refractivity contribution is 5.35. The van der Waals surface area contributed by atoms with E-state index in [-0.39, 0.29) is 5.56 Å². The quantitative estimate of drug-likeness (QED) is 0.907. The maximum absolute atomic E-state index is 11.7. The SMILES string of the molecule is Cc1cc(NC2CCN(CCn3ccccc3=O)CC2)ncn1. The molecule has 0 unspecified atom stereocenters. The monoisotopic (exact) mass is 313 g/mol. The number of piperidine rings is 1. The topological polar surface area (TPSA) is 63.0 Å². The summed E-state index contributed by atoms with van der Waals surface area (Å²) in [7, 11) is 0. The van der Waals surface area contributed by atoms with E-state index in [1.807, 2.05) is 25.3 Å². The third-order valence-electron chi connectivity index (χ3n) is 4.30. The minimum atomic E-state index is 0.0724. The predicted octanol–water partition coefficient (Wildman–Crippen LogP) is 1.52.